The molecule has 2 rings (SSSR count). The van der Waals surface area contributed by atoms with E-state index in [4.69, 9.17) is 11.5 Å². The average molecular weight is 349 g/mol. The Labute approximate surface area is 132 Å². The third kappa shape index (κ3) is 4.19. The van der Waals surface area contributed by atoms with Crippen molar-refractivity contribution in [2.24, 2.45) is 5.73 Å². The molecule has 110 valence electrons. The molecule has 6 heteroatoms. The first-order valence-corrected chi connectivity index (χ1v) is 7.25. The Bertz CT molecular complexity index is 660. The summed E-state index contributed by atoms with van der Waals surface area (Å²) in [5, 5.41) is 0. The van der Waals surface area contributed by atoms with Crippen LogP contribution in [0.4, 0.5) is 11.5 Å². The van der Waals surface area contributed by atoms with E-state index in [1.54, 1.807) is 6.20 Å². The molecule has 0 aliphatic heterocycles. The van der Waals surface area contributed by atoms with Gasteiger partial charge >= 0.3 is 0 Å². The van der Waals surface area contributed by atoms with Crippen molar-refractivity contribution < 1.29 is 4.79 Å². The van der Waals surface area contributed by atoms with Crippen molar-refractivity contribution in [2.45, 2.75) is 13.5 Å². The number of carbonyl (C=O) groups is 1. The largest absolute Gasteiger partial charge is 0.399 e. The van der Waals surface area contributed by atoms with Gasteiger partial charge in [0.25, 0.3) is 0 Å². The number of rotatable bonds is 5. The Morgan fingerprint density at radius 1 is 1.38 bits per heavy atom. The molecule has 0 atom stereocenters. The van der Waals surface area contributed by atoms with Crippen LogP contribution in [0, 0.1) is 6.92 Å². The number of anilines is 2. The van der Waals surface area contributed by atoms with Crippen molar-refractivity contribution in [2.75, 3.05) is 17.2 Å². The average Bonchev–Trinajstić information content (AvgIpc) is 2.37. The van der Waals surface area contributed by atoms with E-state index < -0.39 is 5.91 Å². The van der Waals surface area contributed by atoms with Gasteiger partial charge in [0.15, 0.2) is 0 Å². The number of hydrogen-bond acceptors (Lipinski definition) is 4. The van der Waals surface area contributed by atoms with E-state index in [2.05, 4.69) is 20.9 Å². The summed E-state index contributed by atoms with van der Waals surface area (Å²) >= 11 is 3.38. The number of amides is 1. The van der Waals surface area contributed by atoms with Crippen LogP contribution in [0.25, 0.3) is 0 Å². The first-order valence-electron chi connectivity index (χ1n) is 6.45. The first kappa shape index (κ1) is 15.3. The van der Waals surface area contributed by atoms with Crippen molar-refractivity contribution >= 4 is 33.3 Å². The van der Waals surface area contributed by atoms with Gasteiger partial charge in [0.2, 0.25) is 5.91 Å². The molecule has 0 saturated heterocycles. The second-order valence-corrected chi connectivity index (χ2v) is 5.78. The molecule has 0 radical (unpaired) electrons. The molecule has 1 aromatic heterocycles. The second-order valence-electron chi connectivity index (χ2n) is 4.86. The van der Waals surface area contributed by atoms with Crippen molar-refractivity contribution in [1.29, 1.82) is 0 Å². The molecule has 0 saturated carbocycles. The highest BCUT2D eigenvalue weighted by atomic mass is 79.9. The molecule has 0 aliphatic carbocycles. The van der Waals surface area contributed by atoms with Crippen molar-refractivity contribution in [3.63, 3.8) is 0 Å². The van der Waals surface area contributed by atoms with Crippen LogP contribution >= 0.6 is 15.9 Å². The van der Waals surface area contributed by atoms with Gasteiger partial charge in [-0.3, -0.25) is 4.79 Å². The van der Waals surface area contributed by atoms with Gasteiger partial charge in [0.05, 0.1) is 6.54 Å². The number of pyridine rings is 1. The zero-order chi connectivity index (χ0) is 15.4. The van der Waals surface area contributed by atoms with Gasteiger partial charge in [-0.2, -0.15) is 0 Å². The maximum atomic E-state index is 11.3. The fraction of sp³-hybridized carbons (Fsp3) is 0.200. The molecule has 0 aliphatic rings. The Kier molecular flexibility index (Phi) is 4.80. The summed E-state index contributed by atoms with van der Waals surface area (Å²) in [6.07, 6.45) is 1.70. The number of nitrogens with two attached hydrogens (primary N) is 2. The van der Waals surface area contributed by atoms with Crippen LogP contribution in [0.5, 0.6) is 0 Å². The van der Waals surface area contributed by atoms with Crippen LogP contribution in [0.15, 0.2) is 41.0 Å². The highest BCUT2D eigenvalue weighted by molar-refractivity contribution is 9.10. The van der Waals surface area contributed by atoms with Gasteiger partial charge in [-0.25, -0.2) is 4.98 Å². The summed E-state index contributed by atoms with van der Waals surface area (Å²) in [5.41, 5.74) is 13.8. The summed E-state index contributed by atoms with van der Waals surface area (Å²) in [4.78, 5) is 17.6. The highest BCUT2D eigenvalue weighted by Crippen LogP contribution is 2.22. The van der Waals surface area contributed by atoms with Crippen LogP contribution in [0.3, 0.4) is 0 Å². The van der Waals surface area contributed by atoms with E-state index in [0.717, 1.165) is 21.4 Å². The number of nitrogen functional groups attached to an aromatic ring is 1. The predicted octanol–water partition coefficient (Wildman–Crippen LogP) is 2.23. The lowest BCUT2D eigenvalue weighted by Gasteiger charge is -2.24. The minimum Gasteiger partial charge on any atom is -0.399 e. The lowest BCUT2D eigenvalue weighted by atomic mass is 10.1. The lowest BCUT2D eigenvalue weighted by molar-refractivity contribution is -0.116. The van der Waals surface area contributed by atoms with Crippen LogP contribution in [0.1, 0.15) is 11.1 Å². The topological polar surface area (TPSA) is 85.2 Å². The standard InChI is InChI=1S/C15H17BrN4O/c1-10-5-12(16)7-19-15(10)20(9-14(18)21)8-11-3-2-4-13(17)6-11/h2-7H,8-9,17H2,1H3,(H2,18,21). The Balaban J connectivity index is 2.31. The third-order valence-corrected chi connectivity index (χ3v) is 3.42. The van der Waals surface area contributed by atoms with Crippen LogP contribution < -0.4 is 16.4 Å². The van der Waals surface area contributed by atoms with E-state index in [1.165, 1.54) is 0 Å². The van der Waals surface area contributed by atoms with Crippen LogP contribution in [0.2, 0.25) is 0 Å². The van der Waals surface area contributed by atoms with E-state index in [-0.39, 0.29) is 6.54 Å². The quantitative estimate of drug-likeness (QED) is 0.811. The van der Waals surface area contributed by atoms with Crippen LogP contribution in [-0.2, 0) is 11.3 Å². The monoisotopic (exact) mass is 348 g/mol. The number of carbonyl (C=O) groups excluding carboxylic acids is 1. The van der Waals surface area contributed by atoms with Crippen LogP contribution in [-0.4, -0.2) is 17.4 Å². The molecular formula is C15H17BrN4O. The molecule has 0 fully saturated rings. The maximum Gasteiger partial charge on any atom is 0.237 e. The Morgan fingerprint density at radius 3 is 2.76 bits per heavy atom. The fourth-order valence-corrected chi connectivity index (χ4v) is 2.62. The number of aromatic nitrogens is 1. The molecule has 1 aromatic carbocycles. The first-order chi connectivity index (χ1) is 9.95. The van der Waals surface area contributed by atoms with Gasteiger partial charge in [0.1, 0.15) is 5.82 Å². The minimum absolute atomic E-state index is 0.101. The number of primary amides is 1. The molecular weight excluding hydrogens is 332 g/mol. The SMILES string of the molecule is Cc1cc(Br)cnc1N(CC(N)=O)Cc1cccc(N)c1. The lowest BCUT2D eigenvalue weighted by Crippen LogP contribution is -2.34. The van der Waals surface area contributed by atoms with Gasteiger partial charge in [0, 0.05) is 22.9 Å². The summed E-state index contributed by atoms with van der Waals surface area (Å²) in [7, 11) is 0. The van der Waals surface area contributed by atoms with Gasteiger partial charge in [-0.15, -0.1) is 0 Å². The van der Waals surface area contributed by atoms with Crippen molar-refractivity contribution in [3.05, 3.63) is 52.1 Å². The third-order valence-electron chi connectivity index (χ3n) is 2.99. The molecule has 0 bridgehead atoms. The molecule has 2 aromatic rings. The smallest absolute Gasteiger partial charge is 0.237 e. The zero-order valence-electron chi connectivity index (χ0n) is 11.7. The van der Waals surface area contributed by atoms with E-state index in [9.17, 15) is 4.79 Å². The Hall–Kier alpha value is -2.08. The van der Waals surface area contributed by atoms with E-state index >= 15 is 0 Å². The van der Waals surface area contributed by atoms with Crippen molar-refractivity contribution in [3.8, 4) is 0 Å². The highest BCUT2D eigenvalue weighted by Gasteiger charge is 2.14. The predicted molar refractivity (Wildman–Crippen MR) is 87.8 cm³/mol. The molecule has 21 heavy (non-hydrogen) atoms. The molecule has 5 nitrogen and oxygen atoms in total. The van der Waals surface area contributed by atoms with Gasteiger partial charge in [-0.1, -0.05) is 12.1 Å². The number of hydrogen-bond donors (Lipinski definition) is 2. The molecule has 0 unspecified atom stereocenters. The summed E-state index contributed by atoms with van der Waals surface area (Å²) < 4.78 is 0.895. The van der Waals surface area contributed by atoms with E-state index in [1.807, 2.05) is 42.2 Å². The number of halogens is 1. The molecule has 1 amide bonds. The van der Waals surface area contributed by atoms with E-state index in [0.29, 0.717) is 12.2 Å². The zero-order valence-corrected chi connectivity index (χ0v) is 13.3. The Morgan fingerprint density at radius 2 is 2.14 bits per heavy atom. The maximum absolute atomic E-state index is 11.3. The molecule has 0 spiro atoms. The molecule has 1 heterocycles. The summed E-state index contributed by atoms with van der Waals surface area (Å²) in [5.74, 6) is 0.336. The normalized spacial score (nSPS) is 10.4. The minimum atomic E-state index is -0.400. The summed E-state index contributed by atoms with van der Waals surface area (Å²) in [6.45, 7) is 2.56. The van der Waals surface area contributed by atoms with Gasteiger partial charge in [-0.05, 0) is 52.2 Å². The summed E-state index contributed by atoms with van der Waals surface area (Å²) in [6, 6.07) is 9.50. The van der Waals surface area contributed by atoms with Crippen molar-refractivity contribution in [1.82, 2.24) is 4.98 Å². The fourth-order valence-electron chi connectivity index (χ4n) is 2.17. The number of benzene rings is 1. The molecule has 4 N–H and O–H groups in total. The second kappa shape index (κ2) is 6.58. The van der Waals surface area contributed by atoms with Gasteiger partial charge < -0.3 is 16.4 Å². The number of nitrogens with zero attached hydrogens (tertiary/aromatic N) is 2. The number of aryl methyl sites for hydroxylation is 1.